The Bertz CT molecular complexity index is 370. The van der Waals surface area contributed by atoms with Crippen LogP contribution in [0.15, 0.2) is 12.1 Å². The first-order chi connectivity index (χ1) is 7.70. The van der Waals surface area contributed by atoms with Crippen molar-refractivity contribution in [3.8, 4) is 11.5 Å². The van der Waals surface area contributed by atoms with Crippen molar-refractivity contribution in [2.45, 2.75) is 19.8 Å². The van der Waals surface area contributed by atoms with Crippen molar-refractivity contribution in [2.75, 3.05) is 20.2 Å². The van der Waals surface area contributed by atoms with Gasteiger partial charge in [0.15, 0.2) is 0 Å². The first-order valence-corrected chi connectivity index (χ1v) is 5.78. The van der Waals surface area contributed by atoms with Crippen molar-refractivity contribution in [3.05, 3.63) is 23.3 Å². The highest BCUT2D eigenvalue weighted by atomic mass is 16.5. The molecule has 0 aliphatic carbocycles. The van der Waals surface area contributed by atoms with Gasteiger partial charge in [0.05, 0.1) is 7.11 Å². The molecule has 1 fully saturated rings. The molecule has 3 heteroatoms. The molecule has 1 aliphatic heterocycles. The summed E-state index contributed by atoms with van der Waals surface area (Å²) in [5.41, 5.74) is 2.12. The Morgan fingerprint density at radius 3 is 2.94 bits per heavy atom. The highest BCUT2D eigenvalue weighted by molar-refractivity contribution is 5.45. The molecule has 0 bridgehead atoms. The third-order valence-corrected chi connectivity index (χ3v) is 3.27. The first-order valence-electron chi connectivity index (χ1n) is 5.78. The van der Waals surface area contributed by atoms with Crippen LogP contribution >= 0.6 is 0 Å². The fourth-order valence-corrected chi connectivity index (χ4v) is 2.32. The number of rotatable bonds is 3. The summed E-state index contributed by atoms with van der Waals surface area (Å²) in [5.74, 6) is 1.76. The van der Waals surface area contributed by atoms with Crippen molar-refractivity contribution in [1.29, 1.82) is 0 Å². The number of aryl methyl sites for hydroxylation is 1. The number of nitrogens with one attached hydrogen (secondary N) is 1. The van der Waals surface area contributed by atoms with Gasteiger partial charge in [0.25, 0.3) is 0 Å². The minimum Gasteiger partial charge on any atom is -0.508 e. The van der Waals surface area contributed by atoms with Crippen LogP contribution in [0.2, 0.25) is 0 Å². The number of phenols is 1. The molecule has 1 aromatic rings. The van der Waals surface area contributed by atoms with E-state index in [0.717, 1.165) is 36.4 Å². The first kappa shape index (κ1) is 11.3. The molecule has 1 aliphatic rings. The van der Waals surface area contributed by atoms with Crippen molar-refractivity contribution < 1.29 is 9.84 Å². The van der Waals surface area contributed by atoms with Gasteiger partial charge in [-0.05, 0) is 56.0 Å². The van der Waals surface area contributed by atoms with Gasteiger partial charge in [-0.15, -0.1) is 0 Å². The highest BCUT2D eigenvalue weighted by Gasteiger charge is 2.17. The molecule has 1 heterocycles. The number of methoxy groups -OCH3 is 1. The second-order valence-electron chi connectivity index (χ2n) is 4.51. The molecule has 0 saturated carbocycles. The average Bonchev–Trinajstić information content (AvgIpc) is 2.75. The zero-order valence-corrected chi connectivity index (χ0v) is 9.92. The molecular weight excluding hydrogens is 202 g/mol. The molecule has 0 spiro atoms. The van der Waals surface area contributed by atoms with Crippen LogP contribution in [-0.4, -0.2) is 25.3 Å². The molecule has 1 aromatic carbocycles. The van der Waals surface area contributed by atoms with Crippen LogP contribution < -0.4 is 10.1 Å². The Hall–Kier alpha value is -1.22. The Morgan fingerprint density at radius 1 is 1.50 bits per heavy atom. The average molecular weight is 221 g/mol. The van der Waals surface area contributed by atoms with Crippen molar-refractivity contribution in [3.63, 3.8) is 0 Å². The third kappa shape index (κ3) is 2.30. The Balaban J connectivity index is 2.17. The van der Waals surface area contributed by atoms with Crippen LogP contribution in [-0.2, 0) is 6.42 Å². The van der Waals surface area contributed by atoms with E-state index in [0.29, 0.717) is 11.7 Å². The summed E-state index contributed by atoms with van der Waals surface area (Å²) >= 11 is 0. The largest absolute Gasteiger partial charge is 0.508 e. The Morgan fingerprint density at radius 2 is 2.31 bits per heavy atom. The van der Waals surface area contributed by atoms with Crippen molar-refractivity contribution in [2.24, 2.45) is 5.92 Å². The minimum atomic E-state index is 0.356. The SMILES string of the molecule is COc1cc(O)c(CC2CCNC2)cc1C. The lowest BCUT2D eigenvalue weighted by atomic mass is 9.96. The number of hydrogen-bond donors (Lipinski definition) is 2. The van der Waals surface area contributed by atoms with Crippen LogP contribution in [0.4, 0.5) is 0 Å². The van der Waals surface area contributed by atoms with E-state index in [2.05, 4.69) is 5.32 Å². The van der Waals surface area contributed by atoms with Gasteiger partial charge in [0.1, 0.15) is 11.5 Å². The van der Waals surface area contributed by atoms with Gasteiger partial charge in [-0.25, -0.2) is 0 Å². The number of benzene rings is 1. The standard InChI is InChI=1S/C13H19NO2/c1-9-5-11(6-10-3-4-14-8-10)12(15)7-13(9)16-2/h5,7,10,14-15H,3-4,6,8H2,1-2H3. The van der Waals surface area contributed by atoms with E-state index in [-0.39, 0.29) is 0 Å². The normalized spacial score (nSPS) is 20.0. The van der Waals surface area contributed by atoms with Gasteiger partial charge in [-0.2, -0.15) is 0 Å². The van der Waals surface area contributed by atoms with E-state index in [1.807, 2.05) is 13.0 Å². The molecule has 88 valence electrons. The van der Waals surface area contributed by atoms with Gasteiger partial charge in [0.2, 0.25) is 0 Å². The monoisotopic (exact) mass is 221 g/mol. The molecule has 0 radical (unpaired) electrons. The molecule has 16 heavy (non-hydrogen) atoms. The summed E-state index contributed by atoms with van der Waals surface area (Å²) in [6.07, 6.45) is 2.15. The summed E-state index contributed by atoms with van der Waals surface area (Å²) < 4.78 is 5.18. The summed E-state index contributed by atoms with van der Waals surface area (Å²) in [6.45, 7) is 4.17. The highest BCUT2D eigenvalue weighted by Crippen LogP contribution is 2.30. The predicted octanol–water partition coefficient (Wildman–Crippen LogP) is 1.86. The van der Waals surface area contributed by atoms with Crippen LogP contribution in [0.5, 0.6) is 11.5 Å². The van der Waals surface area contributed by atoms with Crippen LogP contribution in [0.1, 0.15) is 17.5 Å². The van der Waals surface area contributed by atoms with Gasteiger partial charge in [-0.1, -0.05) is 0 Å². The maximum atomic E-state index is 9.91. The Labute approximate surface area is 96.4 Å². The topological polar surface area (TPSA) is 41.5 Å². The van der Waals surface area contributed by atoms with E-state index in [1.54, 1.807) is 13.2 Å². The fraction of sp³-hybridized carbons (Fsp3) is 0.538. The van der Waals surface area contributed by atoms with E-state index in [4.69, 9.17) is 4.74 Å². The molecule has 1 unspecified atom stereocenters. The molecule has 2 N–H and O–H groups in total. The summed E-state index contributed by atoms with van der Waals surface area (Å²) in [7, 11) is 1.63. The molecular formula is C13H19NO2. The number of ether oxygens (including phenoxy) is 1. The second kappa shape index (κ2) is 4.74. The van der Waals surface area contributed by atoms with Gasteiger partial charge in [-0.3, -0.25) is 0 Å². The molecule has 1 atom stereocenters. The summed E-state index contributed by atoms with van der Waals surface area (Å²) in [6, 6.07) is 3.75. The molecule has 0 amide bonds. The zero-order valence-electron chi connectivity index (χ0n) is 9.92. The molecule has 3 nitrogen and oxygen atoms in total. The maximum Gasteiger partial charge on any atom is 0.125 e. The number of phenolic OH excluding ortho intramolecular Hbond substituents is 1. The van der Waals surface area contributed by atoms with Crippen molar-refractivity contribution >= 4 is 0 Å². The van der Waals surface area contributed by atoms with Crippen molar-refractivity contribution in [1.82, 2.24) is 5.32 Å². The molecule has 2 rings (SSSR count). The number of aromatic hydroxyl groups is 1. The van der Waals surface area contributed by atoms with E-state index >= 15 is 0 Å². The second-order valence-corrected chi connectivity index (χ2v) is 4.51. The lowest BCUT2D eigenvalue weighted by Crippen LogP contribution is -2.11. The smallest absolute Gasteiger partial charge is 0.125 e. The summed E-state index contributed by atoms with van der Waals surface area (Å²) in [5, 5.41) is 13.2. The van der Waals surface area contributed by atoms with Gasteiger partial charge in [0, 0.05) is 6.07 Å². The third-order valence-electron chi connectivity index (χ3n) is 3.27. The number of hydrogen-bond acceptors (Lipinski definition) is 3. The lowest BCUT2D eigenvalue weighted by Gasteiger charge is -2.13. The summed E-state index contributed by atoms with van der Waals surface area (Å²) in [4.78, 5) is 0. The van der Waals surface area contributed by atoms with E-state index < -0.39 is 0 Å². The lowest BCUT2D eigenvalue weighted by molar-refractivity contribution is 0.402. The molecule has 1 saturated heterocycles. The quantitative estimate of drug-likeness (QED) is 0.818. The zero-order chi connectivity index (χ0) is 11.5. The predicted molar refractivity (Wildman–Crippen MR) is 64.1 cm³/mol. The van der Waals surface area contributed by atoms with Gasteiger partial charge >= 0.3 is 0 Å². The van der Waals surface area contributed by atoms with E-state index in [1.165, 1.54) is 6.42 Å². The fourth-order valence-electron chi connectivity index (χ4n) is 2.32. The minimum absolute atomic E-state index is 0.356. The van der Waals surface area contributed by atoms with Crippen LogP contribution in [0.3, 0.4) is 0 Å². The maximum absolute atomic E-state index is 9.91. The Kier molecular flexibility index (Phi) is 3.34. The molecule has 0 aromatic heterocycles. The van der Waals surface area contributed by atoms with E-state index in [9.17, 15) is 5.11 Å². The van der Waals surface area contributed by atoms with Gasteiger partial charge < -0.3 is 15.2 Å². The van der Waals surface area contributed by atoms with Crippen LogP contribution in [0, 0.1) is 12.8 Å². The van der Waals surface area contributed by atoms with Crippen LogP contribution in [0.25, 0.3) is 0 Å².